The summed E-state index contributed by atoms with van der Waals surface area (Å²) in [6.45, 7) is 6.98. The van der Waals surface area contributed by atoms with Gasteiger partial charge in [0, 0.05) is 30.7 Å². The number of pyridine rings is 2. The van der Waals surface area contributed by atoms with E-state index >= 15 is 0 Å². The summed E-state index contributed by atoms with van der Waals surface area (Å²) in [5, 5.41) is 4.44. The molecule has 2 aromatic heterocycles. The lowest BCUT2D eigenvalue weighted by Crippen LogP contribution is -2.36. The topological polar surface area (TPSA) is 67.3 Å². The SMILES string of the molecule is CC(C)(C)OC(=O)N1CCC(Nc2cnc3ncccc3c2)C1. The normalized spacial score (nSPS) is 18.2. The number of likely N-dealkylation sites (tertiary alicyclic amines) is 1. The molecular weight excluding hydrogens is 292 g/mol. The predicted molar refractivity (Wildman–Crippen MR) is 89.4 cm³/mol. The fraction of sp³-hybridized carbons (Fsp3) is 0.471. The van der Waals surface area contributed by atoms with Crippen molar-refractivity contribution in [2.75, 3.05) is 18.4 Å². The molecule has 3 heterocycles. The molecule has 1 aliphatic rings. The largest absolute Gasteiger partial charge is 0.444 e. The highest BCUT2D eigenvalue weighted by Gasteiger charge is 2.29. The van der Waals surface area contributed by atoms with Crippen LogP contribution in [0, 0.1) is 0 Å². The van der Waals surface area contributed by atoms with E-state index in [4.69, 9.17) is 4.74 Å². The maximum Gasteiger partial charge on any atom is 0.410 e. The number of hydrogen-bond acceptors (Lipinski definition) is 5. The molecule has 0 saturated carbocycles. The zero-order valence-corrected chi connectivity index (χ0v) is 13.7. The first-order valence-electron chi connectivity index (χ1n) is 7.86. The number of carbonyl (C=O) groups excluding carboxylic acids is 1. The van der Waals surface area contributed by atoms with Crippen molar-refractivity contribution in [1.29, 1.82) is 0 Å². The van der Waals surface area contributed by atoms with E-state index in [1.807, 2.05) is 39.0 Å². The van der Waals surface area contributed by atoms with Crippen LogP contribution in [-0.4, -0.2) is 45.7 Å². The average molecular weight is 314 g/mol. The van der Waals surface area contributed by atoms with Crippen molar-refractivity contribution >= 4 is 22.8 Å². The Bertz CT molecular complexity index is 711. The molecule has 0 spiro atoms. The number of ether oxygens (including phenoxy) is 1. The Morgan fingerprint density at radius 3 is 3.00 bits per heavy atom. The van der Waals surface area contributed by atoms with Gasteiger partial charge in [-0.05, 0) is 45.4 Å². The van der Waals surface area contributed by atoms with Crippen molar-refractivity contribution in [2.24, 2.45) is 0 Å². The number of anilines is 1. The number of nitrogens with zero attached hydrogens (tertiary/aromatic N) is 3. The molecule has 1 N–H and O–H groups in total. The van der Waals surface area contributed by atoms with Crippen LogP contribution in [0.3, 0.4) is 0 Å². The predicted octanol–water partition coefficient (Wildman–Crippen LogP) is 3.05. The van der Waals surface area contributed by atoms with Crippen LogP contribution >= 0.6 is 0 Å². The van der Waals surface area contributed by atoms with E-state index < -0.39 is 5.60 Å². The maximum absolute atomic E-state index is 12.1. The van der Waals surface area contributed by atoms with Crippen molar-refractivity contribution in [2.45, 2.75) is 38.8 Å². The lowest BCUT2D eigenvalue weighted by atomic mass is 10.2. The van der Waals surface area contributed by atoms with Crippen molar-refractivity contribution in [1.82, 2.24) is 14.9 Å². The van der Waals surface area contributed by atoms with Crippen LogP contribution in [0.5, 0.6) is 0 Å². The van der Waals surface area contributed by atoms with E-state index in [9.17, 15) is 4.79 Å². The van der Waals surface area contributed by atoms with Gasteiger partial charge in [0.2, 0.25) is 0 Å². The second kappa shape index (κ2) is 6.02. The van der Waals surface area contributed by atoms with E-state index in [1.54, 1.807) is 17.3 Å². The summed E-state index contributed by atoms with van der Waals surface area (Å²) >= 11 is 0. The third-order valence-corrected chi connectivity index (χ3v) is 3.66. The summed E-state index contributed by atoms with van der Waals surface area (Å²) in [6, 6.07) is 6.12. The molecule has 6 heteroatoms. The second-order valence-corrected chi connectivity index (χ2v) is 6.83. The standard InChI is InChI=1S/C17H22N4O2/c1-17(2,3)23-16(22)21-8-6-13(11-21)20-14-9-12-5-4-7-18-15(12)19-10-14/h4-5,7,9-10,13,20H,6,8,11H2,1-3H3. The quantitative estimate of drug-likeness (QED) is 0.923. The van der Waals surface area contributed by atoms with Crippen LogP contribution in [-0.2, 0) is 4.74 Å². The van der Waals surface area contributed by atoms with E-state index in [0.29, 0.717) is 13.1 Å². The molecule has 122 valence electrons. The van der Waals surface area contributed by atoms with Gasteiger partial charge in [0.1, 0.15) is 5.60 Å². The number of aromatic nitrogens is 2. The van der Waals surface area contributed by atoms with Crippen molar-refractivity contribution in [3.63, 3.8) is 0 Å². The Labute approximate surface area is 135 Å². The Balaban J connectivity index is 1.61. The molecule has 3 rings (SSSR count). The van der Waals surface area contributed by atoms with Crippen LogP contribution in [0.4, 0.5) is 10.5 Å². The first-order chi connectivity index (χ1) is 10.9. The maximum atomic E-state index is 12.1. The summed E-state index contributed by atoms with van der Waals surface area (Å²) in [7, 11) is 0. The highest BCUT2D eigenvalue weighted by Crippen LogP contribution is 2.20. The molecule has 1 aliphatic heterocycles. The van der Waals surface area contributed by atoms with Gasteiger partial charge in [-0.25, -0.2) is 14.8 Å². The molecule has 6 nitrogen and oxygen atoms in total. The zero-order valence-electron chi connectivity index (χ0n) is 13.7. The Hall–Kier alpha value is -2.37. The number of rotatable bonds is 2. The molecule has 0 aromatic carbocycles. The summed E-state index contributed by atoms with van der Waals surface area (Å²) in [5.41, 5.74) is 1.22. The first kappa shape index (κ1) is 15.5. The fourth-order valence-corrected chi connectivity index (χ4v) is 2.65. The molecule has 0 bridgehead atoms. The van der Waals surface area contributed by atoms with Gasteiger partial charge in [-0.2, -0.15) is 0 Å². The van der Waals surface area contributed by atoms with Crippen molar-refractivity contribution in [3.8, 4) is 0 Å². The minimum Gasteiger partial charge on any atom is -0.444 e. The molecule has 1 atom stereocenters. The Kier molecular flexibility index (Phi) is 4.07. The highest BCUT2D eigenvalue weighted by molar-refractivity contribution is 5.78. The third-order valence-electron chi connectivity index (χ3n) is 3.66. The first-order valence-corrected chi connectivity index (χ1v) is 7.86. The smallest absolute Gasteiger partial charge is 0.410 e. The molecule has 1 amide bonds. The number of nitrogens with one attached hydrogen (secondary N) is 1. The third kappa shape index (κ3) is 3.88. The van der Waals surface area contributed by atoms with Crippen molar-refractivity contribution in [3.05, 3.63) is 30.6 Å². The monoisotopic (exact) mass is 314 g/mol. The van der Waals surface area contributed by atoms with Gasteiger partial charge in [0.05, 0.1) is 11.9 Å². The minimum atomic E-state index is -0.460. The minimum absolute atomic E-state index is 0.207. The number of amides is 1. The van der Waals surface area contributed by atoms with E-state index in [0.717, 1.165) is 23.1 Å². The summed E-state index contributed by atoms with van der Waals surface area (Å²) in [6.07, 6.45) is 4.16. The average Bonchev–Trinajstić information content (AvgIpc) is 2.94. The van der Waals surface area contributed by atoms with Crippen LogP contribution < -0.4 is 5.32 Å². The molecule has 0 radical (unpaired) electrons. The van der Waals surface area contributed by atoms with Crippen LogP contribution in [0.1, 0.15) is 27.2 Å². The van der Waals surface area contributed by atoms with E-state index in [1.165, 1.54) is 0 Å². The van der Waals surface area contributed by atoms with Crippen LogP contribution in [0.25, 0.3) is 11.0 Å². The van der Waals surface area contributed by atoms with Gasteiger partial charge in [0.25, 0.3) is 0 Å². The molecular formula is C17H22N4O2. The van der Waals surface area contributed by atoms with Gasteiger partial charge in [-0.1, -0.05) is 0 Å². The molecule has 2 aromatic rings. The summed E-state index contributed by atoms with van der Waals surface area (Å²) < 4.78 is 5.42. The molecule has 1 fully saturated rings. The molecule has 1 saturated heterocycles. The summed E-state index contributed by atoms with van der Waals surface area (Å²) in [4.78, 5) is 22.4. The second-order valence-electron chi connectivity index (χ2n) is 6.83. The number of hydrogen-bond donors (Lipinski definition) is 1. The van der Waals surface area contributed by atoms with Gasteiger partial charge in [-0.3, -0.25) is 0 Å². The van der Waals surface area contributed by atoms with Gasteiger partial charge < -0.3 is 15.0 Å². The van der Waals surface area contributed by atoms with E-state index in [2.05, 4.69) is 15.3 Å². The summed E-state index contributed by atoms with van der Waals surface area (Å²) in [5.74, 6) is 0. The molecule has 0 aliphatic carbocycles. The lowest BCUT2D eigenvalue weighted by Gasteiger charge is -2.24. The highest BCUT2D eigenvalue weighted by atomic mass is 16.6. The van der Waals surface area contributed by atoms with E-state index in [-0.39, 0.29) is 12.1 Å². The fourth-order valence-electron chi connectivity index (χ4n) is 2.65. The van der Waals surface area contributed by atoms with Crippen LogP contribution in [0.2, 0.25) is 0 Å². The van der Waals surface area contributed by atoms with Gasteiger partial charge in [0.15, 0.2) is 5.65 Å². The van der Waals surface area contributed by atoms with Crippen LogP contribution in [0.15, 0.2) is 30.6 Å². The zero-order chi connectivity index (χ0) is 16.4. The lowest BCUT2D eigenvalue weighted by molar-refractivity contribution is 0.0293. The Morgan fingerprint density at radius 1 is 1.39 bits per heavy atom. The Morgan fingerprint density at radius 2 is 2.22 bits per heavy atom. The molecule has 23 heavy (non-hydrogen) atoms. The van der Waals surface area contributed by atoms with Crippen molar-refractivity contribution < 1.29 is 9.53 Å². The number of fused-ring (bicyclic) bond motifs is 1. The van der Waals surface area contributed by atoms with Gasteiger partial charge >= 0.3 is 6.09 Å². The number of carbonyl (C=O) groups is 1. The molecule has 1 unspecified atom stereocenters. The van der Waals surface area contributed by atoms with Gasteiger partial charge in [-0.15, -0.1) is 0 Å².